The molecule has 0 aliphatic heterocycles. The number of carbonyl (C=O) groups excluding carboxylic acids is 2. The molecule has 2 aromatic rings. The zero-order chi connectivity index (χ0) is 16.1. The quantitative estimate of drug-likeness (QED) is 0.471. The van der Waals surface area contributed by atoms with Crippen molar-refractivity contribution in [2.24, 2.45) is 0 Å². The molecule has 0 heterocycles. The van der Waals surface area contributed by atoms with E-state index in [1.807, 2.05) is 6.07 Å². The molecule has 0 radical (unpaired) electrons. The van der Waals surface area contributed by atoms with E-state index in [9.17, 15) is 9.59 Å². The predicted molar refractivity (Wildman–Crippen MR) is 87.2 cm³/mol. The number of methoxy groups -OCH3 is 1. The monoisotopic (exact) mass is 334 g/mol. The molecule has 0 atom stereocenters. The van der Waals surface area contributed by atoms with Gasteiger partial charge < -0.3 is 4.74 Å². The number of hydrogen-bond donors (Lipinski definition) is 0. The summed E-state index contributed by atoms with van der Waals surface area (Å²) < 4.78 is 4.74. The van der Waals surface area contributed by atoms with Crippen LogP contribution in [0.4, 0.5) is 0 Å². The number of carbonyl (C=O) groups is 2. The summed E-state index contributed by atoms with van der Waals surface area (Å²) in [5, 5.41) is 0.638. The Morgan fingerprint density at radius 2 is 1.64 bits per heavy atom. The molecular weight excluding hydrogens is 323 g/mol. The second-order valence-electron chi connectivity index (χ2n) is 4.41. The van der Waals surface area contributed by atoms with Gasteiger partial charge in [-0.25, -0.2) is 4.79 Å². The maximum Gasteiger partial charge on any atom is 0.338 e. The van der Waals surface area contributed by atoms with Crippen LogP contribution in [0.3, 0.4) is 0 Å². The van der Waals surface area contributed by atoms with Gasteiger partial charge in [0.2, 0.25) is 0 Å². The average molecular weight is 335 g/mol. The number of ether oxygens (including phenoxy) is 1. The van der Waals surface area contributed by atoms with Gasteiger partial charge in [-0.15, -0.1) is 0 Å². The van der Waals surface area contributed by atoms with Crippen LogP contribution >= 0.6 is 23.2 Å². The fourth-order valence-corrected chi connectivity index (χ4v) is 2.15. The zero-order valence-corrected chi connectivity index (χ0v) is 13.2. The molecule has 0 aliphatic carbocycles. The lowest BCUT2D eigenvalue weighted by atomic mass is 10.0. The molecule has 0 unspecified atom stereocenters. The van der Waals surface area contributed by atoms with Crippen molar-refractivity contribution >= 4 is 40.5 Å². The molecule has 0 bridgehead atoms. The lowest BCUT2D eigenvalue weighted by Gasteiger charge is -2.06. The Labute approximate surface area is 138 Å². The predicted octanol–water partition coefficient (Wildman–Crippen LogP) is 4.43. The Hall–Kier alpha value is -2.10. The summed E-state index contributed by atoms with van der Waals surface area (Å²) in [6.07, 6.45) is 1.24. The molecular formula is C17H12Cl2O3. The van der Waals surface area contributed by atoms with E-state index in [-0.39, 0.29) is 16.4 Å². The molecule has 0 aromatic heterocycles. The minimum atomic E-state index is -0.584. The molecule has 0 spiro atoms. The van der Waals surface area contributed by atoms with Crippen molar-refractivity contribution < 1.29 is 14.3 Å². The van der Waals surface area contributed by atoms with E-state index in [1.54, 1.807) is 30.3 Å². The maximum atomic E-state index is 12.3. The molecule has 2 aromatic carbocycles. The third-order valence-electron chi connectivity index (χ3n) is 2.97. The van der Waals surface area contributed by atoms with Crippen LogP contribution in [0.1, 0.15) is 15.9 Å². The van der Waals surface area contributed by atoms with Crippen LogP contribution in [0.25, 0.3) is 5.57 Å². The number of hydrogen-bond acceptors (Lipinski definition) is 3. The lowest BCUT2D eigenvalue weighted by molar-refractivity contribution is -0.133. The lowest BCUT2D eigenvalue weighted by Crippen LogP contribution is -2.07. The fourth-order valence-electron chi connectivity index (χ4n) is 1.85. The molecule has 0 saturated heterocycles. The van der Waals surface area contributed by atoms with Crippen molar-refractivity contribution in [3.05, 3.63) is 75.8 Å². The van der Waals surface area contributed by atoms with Crippen LogP contribution in [-0.2, 0) is 9.53 Å². The number of esters is 1. The highest BCUT2D eigenvalue weighted by Crippen LogP contribution is 2.24. The van der Waals surface area contributed by atoms with Crippen molar-refractivity contribution in [3.8, 4) is 0 Å². The first-order chi connectivity index (χ1) is 10.5. The van der Waals surface area contributed by atoms with Crippen LogP contribution in [0.5, 0.6) is 0 Å². The first-order valence-corrected chi connectivity index (χ1v) is 7.13. The number of ketones is 1. The van der Waals surface area contributed by atoms with Crippen molar-refractivity contribution in [2.75, 3.05) is 7.11 Å². The van der Waals surface area contributed by atoms with Gasteiger partial charge in [-0.1, -0.05) is 53.5 Å². The number of rotatable bonds is 4. The number of halogens is 2. The van der Waals surface area contributed by atoms with Gasteiger partial charge in [0.05, 0.1) is 22.7 Å². The number of benzene rings is 2. The van der Waals surface area contributed by atoms with Crippen molar-refractivity contribution in [1.29, 1.82) is 0 Å². The highest BCUT2D eigenvalue weighted by molar-refractivity contribution is 6.42. The zero-order valence-electron chi connectivity index (χ0n) is 11.7. The van der Waals surface area contributed by atoms with Gasteiger partial charge >= 0.3 is 5.97 Å². The maximum absolute atomic E-state index is 12.3. The summed E-state index contributed by atoms with van der Waals surface area (Å²) in [6, 6.07) is 13.4. The van der Waals surface area contributed by atoms with E-state index >= 15 is 0 Å². The van der Waals surface area contributed by atoms with E-state index < -0.39 is 5.97 Å². The van der Waals surface area contributed by atoms with Crippen molar-refractivity contribution in [2.45, 2.75) is 0 Å². The first kappa shape index (κ1) is 16.3. The van der Waals surface area contributed by atoms with E-state index in [2.05, 4.69) is 0 Å². The molecule has 22 heavy (non-hydrogen) atoms. The van der Waals surface area contributed by atoms with Gasteiger partial charge in [0.15, 0.2) is 5.78 Å². The van der Waals surface area contributed by atoms with Gasteiger partial charge in [-0.05, 0) is 23.8 Å². The first-order valence-electron chi connectivity index (χ1n) is 6.37. The van der Waals surface area contributed by atoms with E-state index in [0.717, 1.165) is 0 Å². The summed E-state index contributed by atoms with van der Waals surface area (Å²) in [6.45, 7) is 0. The average Bonchev–Trinajstić information content (AvgIpc) is 2.55. The third kappa shape index (κ3) is 3.75. The molecule has 2 rings (SSSR count). The SMILES string of the molecule is COC(=O)/C(=C/C(=O)c1ccc(Cl)c(Cl)c1)c1ccccc1. The molecule has 0 saturated carbocycles. The third-order valence-corrected chi connectivity index (χ3v) is 3.71. The fraction of sp³-hybridized carbons (Fsp3) is 0.0588. The van der Waals surface area contributed by atoms with Gasteiger partial charge in [-0.2, -0.15) is 0 Å². The van der Waals surface area contributed by atoms with Crippen LogP contribution in [0, 0.1) is 0 Å². The summed E-state index contributed by atoms with van der Waals surface area (Å²) >= 11 is 11.7. The van der Waals surface area contributed by atoms with Gasteiger partial charge in [-0.3, -0.25) is 4.79 Å². The number of allylic oxidation sites excluding steroid dienone is 1. The van der Waals surface area contributed by atoms with Crippen LogP contribution in [0.2, 0.25) is 10.0 Å². The van der Waals surface area contributed by atoms with Gasteiger partial charge in [0.25, 0.3) is 0 Å². The van der Waals surface area contributed by atoms with E-state index in [4.69, 9.17) is 27.9 Å². The summed E-state index contributed by atoms with van der Waals surface area (Å²) in [4.78, 5) is 24.2. The topological polar surface area (TPSA) is 43.4 Å². The molecule has 112 valence electrons. The molecule has 0 aliphatic rings. The second kappa shape index (κ2) is 7.25. The summed E-state index contributed by atoms with van der Waals surface area (Å²) in [5.74, 6) is -0.942. The van der Waals surface area contributed by atoms with Crippen LogP contribution in [-0.4, -0.2) is 18.9 Å². The van der Waals surface area contributed by atoms with Crippen LogP contribution < -0.4 is 0 Å². The van der Waals surface area contributed by atoms with Crippen molar-refractivity contribution in [1.82, 2.24) is 0 Å². The van der Waals surface area contributed by atoms with Crippen LogP contribution in [0.15, 0.2) is 54.6 Å². The largest absolute Gasteiger partial charge is 0.465 e. The normalized spacial score (nSPS) is 11.1. The Kier molecular flexibility index (Phi) is 5.36. The molecule has 0 amide bonds. The molecule has 5 heteroatoms. The Bertz CT molecular complexity index is 737. The molecule has 3 nitrogen and oxygen atoms in total. The standard InChI is InChI=1S/C17H12Cl2O3/c1-22-17(21)13(11-5-3-2-4-6-11)10-16(20)12-7-8-14(18)15(19)9-12/h2-10H,1H3/b13-10+. The molecule has 0 N–H and O–H groups in total. The van der Waals surface area contributed by atoms with Gasteiger partial charge in [0, 0.05) is 11.6 Å². The van der Waals surface area contributed by atoms with E-state index in [0.29, 0.717) is 16.1 Å². The molecule has 0 fully saturated rings. The summed E-state index contributed by atoms with van der Waals surface area (Å²) in [7, 11) is 1.27. The Morgan fingerprint density at radius 1 is 0.955 bits per heavy atom. The highest BCUT2D eigenvalue weighted by atomic mass is 35.5. The highest BCUT2D eigenvalue weighted by Gasteiger charge is 2.15. The Balaban J connectivity index is 2.42. The van der Waals surface area contributed by atoms with E-state index in [1.165, 1.54) is 25.3 Å². The smallest absolute Gasteiger partial charge is 0.338 e. The second-order valence-corrected chi connectivity index (χ2v) is 5.22. The minimum absolute atomic E-state index is 0.180. The summed E-state index contributed by atoms with van der Waals surface area (Å²) in [5.41, 5.74) is 1.12. The van der Waals surface area contributed by atoms with Crippen molar-refractivity contribution in [3.63, 3.8) is 0 Å². The Morgan fingerprint density at radius 3 is 2.23 bits per heavy atom. The van der Waals surface area contributed by atoms with Gasteiger partial charge in [0.1, 0.15) is 0 Å². The minimum Gasteiger partial charge on any atom is -0.465 e.